The number of nitro groups is 1. The summed E-state index contributed by atoms with van der Waals surface area (Å²) in [7, 11) is -3.15. The zero-order valence-corrected chi connectivity index (χ0v) is 18.3. The van der Waals surface area contributed by atoms with Crippen LogP contribution in [0.3, 0.4) is 0 Å². The van der Waals surface area contributed by atoms with Gasteiger partial charge in [0.2, 0.25) is 0 Å². The third-order valence-corrected chi connectivity index (χ3v) is 8.69. The summed E-state index contributed by atoms with van der Waals surface area (Å²) in [6.07, 6.45) is 4.04. The SMILES string of the molecule is O=C(OCC(=O)N(C1CCCC1)C1CCS(=O)(=O)C1)c1cc2cc([N+](=O)[O-])ccc2s1. The molecule has 31 heavy (non-hydrogen) atoms. The fourth-order valence-electron chi connectivity index (χ4n) is 4.40. The molecular weight excluding hydrogens is 444 g/mol. The van der Waals surface area contributed by atoms with Crippen molar-refractivity contribution in [1.82, 2.24) is 4.90 Å². The molecule has 166 valence electrons. The van der Waals surface area contributed by atoms with E-state index in [4.69, 9.17) is 4.74 Å². The van der Waals surface area contributed by atoms with Gasteiger partial charge in [-0.1, -0.05) is 12.8 Å². The number of benzene rings is 1. The molecule has 1 aliphatic heterocycles. The molecule has 0 bridgehead atoms. The Morgan fingerprint density at radius 2 is 1.90 bits per heavy atom. The minimum atomic E-state index is -3.15. The highest BCUT2D eigenvalue weighted by molar-refractivity contribution is 7.91. The van der Waals surface area contributed by atoms with Crippen LogP contribution in [0, 0.1) is 10.1 Å². The smallest absolute Gasteiger partial charge is 0.348 e. The number of carbonyl (C=O) groups excluding carboxylic acids is 2. The zero-order chi connectivity index (χ0) is 22.2. The molecule has 1 saturated heterocycles. The number of amides is 1. The van der Waals surface area contributed by atoms with E-state index < -0.39 is 27.3 Å². The molecule has 1 saturated carbocycles. The number of sulfone groups is 1. The van der Waals surface area contributed by atoms with E-state index in [1.807, 2.05) is 0 Å². The fraction of sp³-hybridized carbons (Fsp3) is 0.500. The van der Waals surface area contributed by atoms with Gasteiger partial charge in [-0.2, -0.15) is 0 Å². The predicted octanol–water partition coefficient (Wildman–Crippen LogP) is 2.92. The first-order valence-electron chi connectivity index (χ1n) is 10.1. The summed E-state index contributed by atoms with van der Waals surface area (Å²) in [4.78, 5) is 37.7. The molecule has 1 aliphatic carbocycles. The van der Waals surface area contributed by atoms with Gasteiger partial charge in [0.05, 0.1) is 16.4 Å². The van der Waals surface area contributed by atoms with Gasteiger partial charge in [-0.3, -0.25) is 14.9 Å². The second-order valence-electron chi connectivity index (χ2n) is 7.96. The summed E-state index contributed by atoms with van der Waals surface area (Å²) in [5, 5.41) is 11.5. The van der Waals surface area contributed by atoms with E-state index in [1.54, 1.807) is 11.0 Å². The average Bonchev–Trinajstić information content (AvgIpc) is 3.45. The Labute approximate surface area is 183 Å². The topological polar surface area (TPSA) is 124 Å². The summed E-state index contributed by atoms with van der Waals surface area (Å²) < 4.78 is 29.8. The summed E-state index contributed by atoms with van der Waals surface area (Å²) in [5.41, 5.74) is -0.0703. The molecule has 0 spiro atoms. The van der Waals surface area contributed by atoms with Gasteiger partial charge in [-0.05, 0) is 31.4 Å². The molecule has 0 N–H and O–H groups in total. The normalized spacial score (nSPS) is 20.7. The van der Waals surface area contributed by atoms with Crippen molar-refractivity contribution in [1.29, 1.82) is 0 Å². The molecule has 2 heterocycles. The molecule has 9 nitrogen and oxygen atoms in total. The number of nitrogens with zero attached hydrogens (tertiary/aromatic N) is 2. The number of nitro benzene ring substituents is 1. The van der Waals surface area contributed by atoms with Gasteiger partial charge in [0, 0.05) is 34.3 Å². The standard InChI is InChI=1S/C20H22N2O7S2/c23-19(21(14-3-1-2-4-14)16-7-8-31(27,28)12-16)11-29-20(24)18-10-13-9-15(22(25)26)5-6-17(13)30-18/h5-6,9-10,14,16H,1-4,7-8,11-12H2. The lowest BCUT2D eigenvalue weighted by molar-refractivity contribution is -0.384. The Hall–Kier alpha value is -2.53. The maximum Gasteiger partial charge on any atom is 0.348 e. The molecule has 2 aromatic rings. The van der Waals surface area contributed by atoms with E-state index >= 15 is 0 Å². The van der Waals surface area contributed by atoms with E-state index in [2.05, 4.69) is 0 Å². The van der Waals surface area contributed by atoms with Crippen molar-refractivity contribution in [2.75, 3.05) is 18.1 Å². The maximum atomic E-state index is 12.9. The highest BCUT2D eigenvalue weighted by Gasteiger charge is 2.39. The molecule has 0 radical (unpaired) electrons. The molecule has 2 aliphatic rings. The van der Waals surface area contributed by atoms with Crippen LogP contribution in [-0.2, 0) is 19.4 Å². The van der Waals surface area contributed by atoms with Crippen molar-refractivity contribution in [2.45, 2.75) is 44.2 Å². The van der Waals surface area contributed by atoms with E-state index in [9.17, 15) is 28.1 Å². The molecule has 1 aromatic carbocycles. The van der Waals surface area contributed by atoms with Crippen LogP contribution in [0.5, 0.6) is 0 Å². The minimum absolute atomic E-state index is 0.0191. The summed E-state index contributed by atoms with van der Waals surface area (Å²) in [6.45, 7) is -0.458. The summed E-state index contributed by atoms with van der Waals surface area (Å²) in [6, 6.07) is 5.45. The first kappa shape index (κ1) is 21.7. The van der Waals surface area contributed by atoms with Crippen molar-refractivity contribution in [3.63, 3.8) is 0 Å². The van der Waals surface area contributed by atoms with Gasteiger partial charge in [-0.15, -0.1) is 11.3 Å². The molecule has 1 atom stereocenters. The number of thiophene rings is 1. The number of carbonyl (C=O) groups is 2. The van der Waals surface area contributed by atoms with Crippen LogP contribution in [0.25, 0.3) is 10.1 Å². The largest absolute Gasteiger partial charge is 0.451 e. The number of rotatable bonds is 6. The molecule has 1 aromatic heterocycles. The number of hydrogen-bond donors (Lipinski definition) is 0. The van der Waals surface area contributed by atoms with Crippen molar-refractivity contribution >= 4 is 48.8 Å². The number of ether oxygens (including phenoxy) is 1. The van der Waals surface area contributed by atoms with Crippen LogP contribution >= 0.6 is 11.3 Å². The predicted molar refractivity (Wildman–Crippen MR) is 115 cm³/mol. The summed E-state index contributed by atoms with van der Waals surface area (Å²) >= 11 is 1.13. The number of non-ortho nitro benzene ring substituents is 1. The van der Waals surface area contributed by atoms with E-state index in [0.29, 0.717) is 16.5 Å². The molecule has 2 fully saturated rings. The highest BCUT2D eigenvalue weighted by atomic mass is 32.2. The van der Waals surface area contributed by atoms with E-state index in [1.165, 1.54) is 18.2 Å². The second-order valence-corrected chi connectivity index (χ2v) is 11.3. The average molecular weight is 467 g/mol. The first-order valence-corrected chi connectivity index (χ1v) is 12.7. The minimum Gasteiger partial charge on any atom is -0.451 e. The van der Waals surface area contributed by atoms with Gasteiger partial charge in [0.1, 0.15) is 4.88 Å². The van der Waals surface area contributed by atoms with Crippen molar-refractivity contribution < 1.29 is 27.7 Å². The van der Waals surface area contributed by atoms with Crippen molar-refractivity contribution in [2.24, 2.45) is 0 Å². The maximum absolute atomic E-state index is 12.9. The van der Waals surface area contributed by atoms with E-state index in [0.717, 1.165) is 37.0 Å². The van der Waals surface area contributed by atoms with Crippen molar-refractivity contribution in [3.05, 3.63) is 39.3 Å². The van der Waals surface area contributed by atoms with Crippen molar-refractivity contribution in [3.8, 4) is 0 Å². The Morgan fingerprint density at radius 3 is 2.55 bits per heavy atom. The van der Waals surface area contributed by atoms with Crippen LogP contribution in [0.2, 0.25) is 0 Å². The van der Waals surface area contributed by atoms with Crippen LogP contribution in [0.4, 0.5) is 5.69 Å². The van der Waals surface area contributed by atoms with Gasteiger partial charge in [-0.25, -0.2) is 13.2 Å². The first-order chi connectivity index (χ1) is 14.7. The van der Waals surface area contributed by atoms with Gasteiger partial charge in [0.25, 0.3) is 11.6 Å². The molecule has 1 unspecified atom stereocenters. The molecule has 1 amide bonds. The Bertz CT molecular complexity index is 1140. The Morgan fingerprint density at radius 1 is 1.16 bits per heavy atom. The highest BCUT2D eigenvalue weighted by Crippen LogP contribution is 2.31. The Balaban J connectivity index is 1.45. The number of fused-ring (bicyclic) bond motifs is 1. The van der Waals surface area contributed by atoms with E-state index in [-0.39, 0.29) is 40.1 Å². The van der Waals surface area contributed by atoms with Gasteiger partial charge >= 0.3 is 5.97 Å². The molecule has 4 rings (SSSR count). The quantitative estimate of drug-likeness (QED) is 0.364. The van der Waals surface area contributed by atoms with Crippen LogP contribution in [0.15, 0.2) is 24.3 Å². The lowest BCUT2D eigenvalue weighted by Crippen LogP contribution is -2.48. The van der Waals surface area contributed by atoms with Crippen LogP contribution < -0.4 is 0 Å². The second kappa shape index (κ2) is 8.54. The summed E-state index contributed by atoms with van der Waals surface area (Å²) in [5.74, 6) is -1.03. The monoisotopic (exact) mass is 466 g/mol. The van der Waals surface area contributed by atoms with Gasteiger partial charge in [0.15, 0.2) is 16.4 Å². The number of esters is 1. The van der Waals surface area contributed by atoms with Crippen LogP contribution in [-0.4, -0.2) is 60.3 Å². The fourth-order valence-corrected chi connectivity index (χ4v) is 7.05. The molecular formula is C20H22N2O7S2. The van der Waals surface area contributed by atoms with Crippen LogP contribution in [0.1, 0.15) is 41.8 Å². The Kier molecular flexibility index (Phi) is 5.98. The zero-order valence-electron chi connectivity index (χ0n) is 16.7. The lowest BCUT2D eigenvalue weighted by atomic mass is 10.1. The third-order valence-electron chi connectivity index (χ3n) is 5.85. The van der Waals surface area contributed by atoms with Gasteiger partial charge < -0.3 is 9.64 Å². The third kappa shape index (κ3) is 4.72. The molecule has 11 heteroatoms. The lowest BCUT2D eigenvalue weighted by Gasteiger charge is -2.33. The number of hydrogen-bond acceptors (Lipinski definition) is 8.